The van der Waals surface area contributed by atoms with E-state index in [1.807, 2.05) is 61.5 Å². The molecule has 0 aliphatic rings. The molecule has 0 saturated carbocycles. The Morgan fingerprint density at radius 3 is 2.59 bits per heavy atom. The van der Waals surface area contributed by atoms with Gasteiger partial charge < -0.3 is 14.9 Å². The molecule has 0 radical (unpaired) electrons. The number of nitrogens with one attached hydrogen (secondary N) is 2. The van der Waals surface area contributed by atoms with Crippen LogP contribution < -0.4 is 14.9 Å². The van der Waals surface area contributed by atoms with Gasteiger partial charge in [-0.15, -0.1) is 0 Å². The number of pyridine rings is 1. The first-order valence-electron chi connectivity index (χ1n) is 10.1. The summed E-state index contributed by atoms with van der Waals surface area (Å²) in [6.07, 6.45) is 3.42. The fourth-order valence-electron chi connectivity index (χ4n) is 3.16. The van der Waals surface area contributed by atoms with Crippen LogP contribution in [0.2, 0.25) is 5.02 Å². The van der Waals surface area contributed by atoms with Crippen LogP contribution in [0.15, 0.2) is 67.0 Å². The summed E-state index contributed by atoms with van der Waals surface area (Å²) in [6, 6.07) is 17.4. The average molecular weight is 468 g/mol. The molecule has 0 fully saturated rings. The van der Waals surface area contributed by atoms with Crippen molar-refractivity contribution in [2.24, 2.45) is 0 Å². The highest BCUT2D eigenvalue weighted by atomic mass is 35.5. The maximum atomic E-state index is 6.57. The van der Waals surface area contributed by atoms with Crippen molar-refractivity contribution in [1.82, 2.24) is 19.9 Å². The van der Waals surface area contributed by atoms with Crippen LogP contribution in [-0.4, -0.2) is 26.5 Å². The van der Waals surface area contributed by atoms with E-state index in [1.165, 1.54) is 0 Å². The molecule has 2 N–H and O–H groups in total. The van der Waals surface area contributed by atoms with E-state index in [2.05, 4.69) is 20.6 Å². The molecule has 164 valence electrons. The van der Waals surface area contributed by atoms with Crippen LogP contribution in [0.25, 0.3) is 11.4 Å². The Balaban J connectivity index is 1.54. The third-order valence-corrected chi connectivity index (χ3v) is 5.20. The van der Waals surface area contributed by atoms with Gasteiger partial charge in [-0.25, -0.2) is 9.77 Å². The highest BCUT2D eigenvalue weighted by Gasteiger charge is 2.14. The van der Waals surface area contributed by atoms with E-state index in [1.54, 1.807) is 17.1 Å². The summed E-state index contributed by atoms with van der Waals surface area (Å²) < 4.78 is 14.0. The number of hydrogen-bond donors (Lipinski definition) is 2. The molecule has 0 saturated heterocycles. The Morgan fingerprint density at radius 1 is 1.06 bits per heavy atom. The standard InChI is InChI=1S/C23H22ClN5O2S/c1-2-30-20-13-17(12-19(24)21(20)31-15-16-6-4-3-5-7-16)14-26-29-22(27-28-23(29)32)18-8-10-25-11-9-18/h3-13,26H,2,14-15H2,1H3,(H,28,32). The van der Waals surface area contributed by atoms with Crippen molar-refractivity contribution < 1.29 is 9.47 Å². The second-order valence-electron chi connectivity index (χ2n) is 6.87. The minimum atomic E-state index is 0.401. The molecule has 0 aliphatic heterocycles. The first-order chi connectivity index (χ1) is 15.7. The summed E-state index contributed by atoms with van der Waals surface area (Å²) >= 11 is 11.9. The molecule has 0 bridgehead atoms. The van der Waals surface area contributed by atoms with E-state index in [0.717, 1.165) is 16.7 Å². The Labute approximate surface area is 196 Å². The summed E-state index contributed by atoms with van der Waals surface area (Å²) in [5, 5.41) is 7.61. The van der Waals surface area contributed by atoms with Crippen molar-refractivity contribution in [3.8, 4) is 22.9 Å². The Kier molecular flexibility index (Phi) is 7.03. The Hall–Kier alpha value is -3.36. The van der Waals surface area contributed by atoms with Crippen molar-refractivity contribution in [2.75, 3.05) is 12.0 Å². The zero-order valence-electron chi connectivity index (χ0n) is 17.4. The van der Waals surface area contributed by atoms with Crippen molar-refractivity contribution in [1.29, 1.82) is 0 Å². The van der Waals surface area contributed by atoms with Gasteiger partial charge in [0.25, 0.3) is 0 Å². The summed E-state index contributed by atoms with van der Waals surface area (Å²) in [5.41, 5.74) is 6.14. The molecule has 2 aromatic heterocycles. The quantitative estimate of drug-likeness (QED) is 0.322. The Morgan fingerprint density at radius 2 is 1.84 bits per heavy atom. The molecule has 0 unspecified atom stereocenters. The lowest BCUT2D eigenvalue weighted by Gasteiger charge is -2.16. The number of aromatic amines is 1. The van der Waals surface area contributed by atoms with Gasteiger partial charge in [-0.1, -0.05) is 41.9 Å². The third kappa shape index (κ3) is 5.09. The molecule has 9 heteroatoms. The molecule has 2 heterocycles. The maximum absolute atomic E-state index is 6.57. The van der Waals surface area contributed by atoms with E-state index < -0.39 is 0 Å². The van der Waals surface area contributed by atoms with Gasteiger partial charge in [-0.2, -0.15) is 5.10 Å². The average Bonchev–Trinajstić information content (AvgIpc) is 3.19. The lowest BCUT2D eigenvalue weighted by Crippen LogP contribution is -2.16. The number of ether oxygens (including phenoxy) is 2. The molecule has 2 aromatic carbocycles. The topological polar surface area (TPSA) is 77.0 Å². The number of benzene rings is 2. The van der Waals surface area contributed by atoms with Gasteiger partial charge in [0.05, 0.1) is 18.2 Å². The van der Waals surface area contributed by atoms with Crippen molar-refractivity contribution in [2.45, 2.75) is 20.1 Å². The highest BCUT2D eigenvalue weighted by Crippen LogP contribution is 2.37. The summed E-state index contributed by atoms with van der Waals surface area (Å²) in [7, 11) is 0. The SMILES string of the molecule is CCOc1cc(CNn2c(-c3ccncc3)n[nH]c2=S)cc(Cl)c1OCc1ccccc1. The molecular weight excluding hydrogens is 446 g/mol. The van der Waals surface area contributed by atoms with Crippen molar-refractivity contribution in [3.63, 3.8) is 0 Å². The molecule has 4 rings (SSSR count). The van der Waals surface area contributed by atoms with Crippen LogP contribution in [0.1, 0.15) is 18.1 Å². The summed E-state index contributed by atoms with van der Waals surface area (Å²) in [6.45, 7) is 3.27. The first-order valence-corrected chi connectivity index (χ1v) is 10.9. The molecule has 0 aliphatic carbocycles. The highest BCUT2D eigenvalue weighted by molar-refractivity contribution is 7.71. The molecule has 7 nitrogen and oxygen atoms in total. The smallest absolute Gasteiger partial charge is 0.214 e. The van der Waals surface area contributed by atoms with Gasteiger partial charge in [-0.3, -0.25) is 4.98 Å². The van der Waals surface area contributed by atoms with Crippen LogP contribution in [0.5, 0.6) is 11.5 Å². The van der Waals surface area contributed by atoms with Crippen molar-refractivity contribution in [3.05, 3.63) is 87.9 Å². The van der Waals surface area contributed by atoms with Gasteiger partial charge in [0.15, 0.2) is 17.3 Å². The predicted octanol–water partition coefficient (Wildman–Crippen LogP) is 5.38. The number of hydrogen-bond acceptors (Lipinski definition) is 6. The summed E-state index contributed by atoms with van der Waals surface area (Å²) in [5.74, 6) is 1.78. The van der Waals surface area contributed by atoms with E-state index in [9.17, 15) is 0 Å². The normalized spacial score (nSPS) is 10.7. The molecule has 32 heavy (non-hydrogen) atoms. The Bertz CT molecular complexity index is 1230. The largest absolute Gasteiger partial charge is 0.490 e. The number of aromatic nitrogens is 4. The number of H-pyrrole nitrogens is 1. The number of halogens is 1. The molecule has 0 amide bonds. The lowest BCUT2D eigenvalue weighted by molar-refractivity contribution is 0.269. The third-order valence-electron chi connectivity index (χ3n) is 4.65. The van der Waals surface area contributed by atoms with Crippen LogP contribution in [0.3, 0.4) is 0 Å². The second kappa shape index (κ2) is 10.3. The summed E-state index contributed by atoms with van der Waals surface area (Å²) in [4.78, 5) is 4.05. The zero-order chi connectivity index (χ0) is 22.3. The van der Waals surface area contributed by atoms with Gasteiger partial charge in [0.2, 0.25) is 4.77 Å². The number of rotatable bonds is 9. The molecule has 0 spiro atoms. The van der Waals surface area contributed by atoms with Crippen molar-refractivity contribution >= 4 is 23.8 Å². The second-order valence-corrected chi connectivity index (χ2v) is 7.66. The van der Waals surface area contributed by atoms with E-state index in [0.29, 0.717) is 46.9 Å². The van der Waals surface area contributed by atoms with Gasteiger partial charge in [-0.05, 0) is 54.5 Å². The van der Waals surface area contributed by atoms with E-state index in [4.69, 9.17) is 33.3 Å². The fourth-order valence-corrected chi connectivity index (χ4v) is 3.65. The molecular formula is C23H22ClN5O2S. The van der Waals surface area contributed by atoms with Crippen LogP contribution in [0, 0.1) is 4.77 Å². The minimum Gasteiger partial charge on any atom is -0.490 e. The van der Waals surface area contributed by atoms with Crippen LogP contribution >= 0.6 is 23.8 Å². The maximum Gasteiger partial charge on any atom is 0.214 e. The van der Waals surface area contributed by atoms with Gasteiger partial charge in [0, 0.05) is 18.0 Å². The zero-order valence-corrected chi connectivity index (χ0v) is 19.0. The predicted molar refractivity (Wildman–Crippen MR) is 127 cm³/mol. The van der Waals surface area contributed by atoms with Gasteiger partial charge >= 0.3 is 0 Å². The van der Waals surface area contributed by atoms with E-state index >= 15 is 0 Å². The van der Waals surface area contributed by atoms with Crippen LogP contribution in [0.4, 0.5) is 0 Å². The van der Waals surface area contributed by atoms with Crippen LogP contribution in [-0.2, 0) is 13.2 Å². The minimum absolute atomic E-state index is 0.401. The monoisotopic (exact) mass is 467 g/mol. The fraction of sp³-hybridized carbons (Fsp3) is 0.174. The lowest BCUT2D eigenvalue weighted by atomic mass is 10.2. The first kappa shape index (κ1) is 21.9. The van der Waals surface area contributed by atoms with Gasteiger partial charge in [0.1, 0.15) is 6.61 Å². The van der Waals surface area contributed by atoms with E-state index in [-0.39, 0.29) is 0 Å². The molecule has 4 aromatic rings. The molecule has 0 atom stereocenters. The number of nitrogens with zero attached hydrogens (tertiary/aromatic N) is 3.